The standard InChI is InChI=1S/C21H29N5O4/c1-13-8-9-14-15(12-13)24-25-16(14)23-21(17(27)29-19(2,3)4)22-10-11-26(21)18(28)30-20(5,6)7/h8-9,12,22H,10-11H2,1-7H3. The Morgan fingerprint density at radius 2 is 1.77 bits per heavy atom. The van der Waals surface area contributed by atoms with Crippen molar-refractivity contribution >= 4 is 23.6 Å². The molecular weight excluding hydrogens is 386 g/mol. The first kappa shape index (κ1) is 21.9. The van der Waals surface area contributed by atoms with Gasteiger partial charge in [-0.05, 0) is 66.2 Å². The normalized spacial score (nSPS) is 22.4. The van der Waals surface area contributed by atoms with Crippen molar-refractivity contribution in [3.8, 4) is 0 Å². The van der Waals surface area contributed by atoms with Crippen LogP contribution in [0.5, 0.6) is 0 Å². The maximum Gasteiger partial charge on any atom is 0.413 e. The van der Waals surface area contributed by atoms with Crippen molar-refractivity contribution in [3.05, 3.63) is 29.3 Å². The van der Waals surface area contributed by atoms with Crippen molar-refractivity contribution in [2.75, 3.05) is 13.1 Å². The number of aryl methyl sites for hydroxylation is 1. The number of benzene rings is 1. The molecule has 0 bridgehead atoms. The number of nitrogens with one attached hydrogen (secondary N) is 1. The van der Waals surface area contributed by atoms with Crippen molar-refractivity contribution < 1.29 is 19.1 Å². The molecule has 1 N–H and O–H groups in total. The SMILES string of the molecule is Cc1ccc2c(c1)N=NC2=NC1(C(=O)OC(C)(C)C)NCCN1C(=O)OC(C)(C)C. The molecular formula is C21H29N5O4. The number of rotatable bonds is 2. The topological polar surface area (TPSA) is 105 Å². The lowest BCUT2D eigenvalue weighted by Crippen LogP contribution is -2.61. The molecule has 0 aromatic heterocycles. The third-order valence-corrected chi connectivity index (χ3v) is 4.31. The van der Waals surface area contributed by atoms with Crippen LogP contribution in [0, 0.1) is 6.92 Å². The Morgan fingerprint density at radius 1 is 1.10 bits per heavy atom. The number of amides is 1. The fourth-order valence-corrected chi connectivity index (χ4v) is 3.12. The van der Waals surface area contributed by atoms with E-state index in [4.69, 9.17) is 9.47 Å². The van der Waals surface area contributed by atoms with E-state index in [9.17, 15) is 9.59 Å². The maximum atomic E-state index is 13.3. The quantitative estimate of drug-likeness (QED) is 0.742. The van der Waals surface area contributed by atoms with Crippen LogP contribution in [0.4, 0.5) is 10.5 Å². The van der Waals surface area contributed by atoms with Gasteiger partial charge < -0.3 is 9.47 Å². The molecule has 9 heteroatoms. The van der Waals surface area contributed by atoms with E-state index >= 15 is 0 Å². The van der Waals surface area contributed by atoms with E-state index in [-0.39, 0.29) is 12.4 Å². The monoisotopic (exact) mass is 415 g/mol. The summed E-state index contributed by atoms with van der Waals surface area (Å²) in [5.74, 6) is -2.25. The minimum Gasteiger partial charge on any atom is -0.456 e. The highest BCUT2D eigenvalue weighted by molar-refractivity contribution is 6.07. The molecule has 162 valence electrons. The summed E-state index contributed by atoms with van der Waals surface area (Å²) >= 11 is 0. The number of fused-ring (bicyclic) bond motifs is 1. The number of esters is 1. The van der Waals surface area contributed by atoms with Gasteiger partial charge in [-0.1, -0.05) is 6.07 Å². The fraction of sp³-hybridized carbons (Fsp3) is 0.571. The highest BCUT2D eigenvalue weighted by atomic mass is 16.6. The number of amidine groups is 1. The maximum absolute atomic E-state index is 13.3. The lowest BCUT2D eigenvalue weighted by molar-refractivity contribution is -0.168. The number of azo groups is 1. The predicted molar refractivity (Wildman–Crippen MR) is 112 cm³/mol. The molecule has 0 spiro atoms. The van der Waals surface area contributed by atoms with Crippen LogP contribution < -0.4 is 5.32 Å². The molecule has 2 aliphatic heterocycles. The molecule has 2 heterocycles. The first-order valence-electron chi connectivity index (χ1n) is 9.92. The highest BCUT2D eigenvalue weighted by Crippen LogP contribution is 2.32. The number of carbonyl (C=O) groups is 2. The highest BCUT2D eigenvalue weighted by Gasteiger charge is 2.54. The Balaban J connectivity index is 2.07. The Bertz CT molecular complexity index is 926. The zero-order valence-corrected chi connectivity index (χ0v) is 18.6. The number of aliphatic imine (C=N–C) groups is 1. The average molecular weight is 415 g/mol. The zero-order chi connectivity index (χ0) is 22.3. The summed E-state index contributed by atoms with van der Waals surface area (Å²) < 4.78 is 11.1. The van der Waals surface area contributed by atoms with Gasteiger partial charge in [0.15, 0.2) is 5.84 Å². The zero-order valence-electron chi connectivity index (χ0n) is 18.6. The molecule has 0 radical (unpaired) electrons. The van der Waals surface area contributed by atoms with E-state index in [2.05, 4.69) is 20.5 Å². The first-order chi connectivity index (χ1) is 13.8. The van der Waals surface area contributed by atoms with E-state index in [1.54, 1.807) is 41.5 Å². The molecule has 30 heavy (non-hydrogen) atoms. The molecule has 1 atom stereocenters. The van der Waals surface area contributed by atoms with Gasteiger partial charge in [-0.15, -0.1) is 10.2 Å². The Kier molecular flexibility index (Phi) is 5.44. The van der Waals surface area contributed by atoms with Gasteiger partial charge >= 0.3 is 12.1 Å². The van der Waals surface area contributed by atoms with Gasteiger partial charge in [0.1, 0.15) is 11.2 Å². The van der Waals surface area contributed by atoms with Crippen LogP contribution >= 0.6 is 0 Å². The minimum atomic E-state index is -1.80. The van der Waals surface area contributed by atoms with Crippen LogP contribution in [0.1, 0.15) is 52.7 Å². The Hall–Kier alpha value is -2.81. The van der Waals surface area contributed by atoms with E-state index in [1.807, 2.05) is 25.1 Å². The number of ether oxygens (including phenoxy) is 2. The summed E-state index contributed by atoms with van der Waals surface area (Å²) in [6, 6.07) is 5.65. The van der Waals surface area contributed by atoms with Gasteiger partial charge in [-0.3, -0.25) is 10.2 Å². The lowest BCUT2D eigenvalue weighted by Gasteiger charge is -2.35. The van der Waals surface area contributed by atoms with Gasteiger partial charge in [0.05, 0.1) is 5.69 Å². The molecule has 2 aliphatic rings. The van der Waals surface area contributed by atoms with E-state index in [1.165, 1.54) is 4.90 Å². The van der Waals surface area contributed by atoms with Crippen molar-refractivity contribution in [2.24, 2.45) is 15.2 Å². The molecule has 1 unspecified atom stereocenters. The second-order valence-corrected chi connectivity index (χ2v) is 9.39. The molecule has 0 saturated carbocycles. The largest absolute Gasteiger partial charge is 0.456 e. The van der Waals surface area contributed by atoms with Crippen LogP contribution in [-0.2, 0) is 14.3 Å². The van der Waals surface area contributed by atoms with Gasteiger partial charge in [-0.25, -0.2) is 14.6 Å². The smallest absolute Gasteiger partial charge is 0.413 e. The van der Waals surface area contributed by atoms with Crippen LogP contribution in [0.3, 0.4) is 0 Å². The first-order valence-corrected chi connectivity index (χ1v) is 9.92. The van der Waals surface area contributed by atoms with Crippen molar-refractivity contribution in [3.63, 3.8) is 0 Å². The summed E-state index contributed by atoms with van der Waals surface area (Å²) in [5.41, 5.74) is 0.866. The summed E-state index contributed by atoms with van der Waals surface area (Å²) in [6.07, 6.45) is -0.665. The molecule has 1 amide bonds. The fourth-order valence-electron chi connectivity index (χ4n) is 3.12. The molecule has 1 aromatic rings. The Labute approximate surface area is 176 Å². The number of carbonyl (C=O) groups excluding carboxylic acids is 2. The third-order valence-electron chi connectivity index (χ3n) is 4.31. The second kappa shape index (κ2) is 7.46. The average Bonchev–Trinajstić information content (AvgIpc) is 3.17. The van der Waals surface area contributed by atoms with Crippen LogP contribution in [0.2, 0.25) is 0 Å². The Morgan fingerprint density at radius 3 is 2.40 bits per heavy atom. The second-order valence-electron chi connectivity index (χ2n) is 9.39. The summed E-state index contributed by atoms with van der Waals surface area (Å²) in [5, 5.41) is 11.3. The lowest BCUT2D eigenvalue weighted by atomic mass is 10.1. The molecule has 1 saturated heterocycles. The van der Waals surface area contributed by atoms with Gasteiger partial charge in [0.2, 0.25) is 0 Å². The van der Waals surface area contributed by atoms with Crippen molar-refractivity contribution in [1.82, 2.24) is 10.2 Å². The molecule has 3 rings (SSSR count). The number of hydrogen-bond donors (Lipinski definition) is 1. The van der Waals surface area contributed by atoms with Crippen molar-refractivity contribution in [1.29, 1.82) is 0 Å². The summed E-state index contributed by atoms with van der Waals surface area (Å²) in [7, 11) is 0. The summed E-state index contributed by atoms with van der Waals surface area (Å²) in [4.78, 5) is 32.1. The number of hydrogen-bond acceptors (Lipinski definition) is 7. The van der Waals surface area contributed by atoms with Gasteiger partial charge in [0.25, 0.3) is 5.79 Å². The minimum absolute atomic E-state index is 0.225. The van der Waals surface area contributed by atoms with Gasteiger partial charge in [0, 0.05) is 18.7 Å². The molecule has 1 aromatic carbocycles. The summed E-state index contributed by atoms with van der Waals surface area (Å²) in [6.45, 7) is 13.1. The van der Waals surface area contributed by atoms with Crippen LogP contribution in [0.25, 0.3) is 0 Å². The molecule has 9 nitrogen and oxygen atoms in total. The van der Waals surface area contributed by atoms with E-state index in [0.717, 1.165) is 5.56 Å². The molecule has 0 aliphatic carbocycles. The van der Waals surface area contributed by atoms with Crippen LogP contribution in [0.15, 0.2) is 33.4 Å². The molecule has 1 fully saturated rings. The predicted octanol–water partition coefficient (Wildman–Crippen LogP) is 3.67. The van der Waals surface area contributed by atoms with Crippen LogP contribution in [-0.4, -0.2) is 52.9 Å². The van der Waals surface area contributed by atoms with E-state index < -0.39 is 29.1 Å². The number of nitrogens with zero attached hydrogens (tertiary/aromatic N) is 4. The van der Waals surface area contributed by atoms with Crippen molar-refractivity contribution in [2.45, 2.75) is 65.5 Å². The van der Waals surface area contributed by atoms with Gasteiger partial charge in [-0.2, -0.15) is 0 Å². The van der Waals surface area contributed by atoms with E-state index in [0.29, 0.717) is 17.8 Å². The third kappa shape index (κ3) is 4.51.